The van der Waals surface area contributed by atoms with Crippen LogP contribution in [0.3, 0.4) is 0 Å². The van der Waals surface area contributed by atoms with Crippen molar-refractivity contribution in [2.24, 2.45) is 0 Å². The van der Waals surface area contributed by atoms with Crippen LogP contribution in [-0.4, -0.2) is 32.1 Å². The summed E-state index contributed by atoms with van der Waals surface area (Å²) in [6, 6.07) is 17.2. The second kappa shape index (κ2) is 9.28. The van der Waals surface area contributed by atoms with E-state index in [0.717, 1.165) is 10.4 Å². The molecular formula is C22H23NO4S. The van der Waals surface area contributed by atoms with Crippen LogP contribution in [0.25, 0.3) is 0 Å². The summed E-state index contributed by atoms with van der Waals surface area (Å²) < 4.78 is 16.9. The highest BCUT2D eigenvalue weighted by Crippen LogP contribution is 2.39. The molecule has 1 aromatic heterocycles. The summed E-state index contributed by atoms with van der Waals surface area (Å²) in [6.45, 7) is 0.923. The maximum Gasteiger partial charge on any atom is 0.254 e. The molecule has 0 aliphatic heterocycles. The van der Waals surface area contributed by atoms with Crippen LogP contribution in [0.15, 0.2) is 60.0 Å². The fourth-order valence-corrected chi connectivity index (χ4v) is 3.56. The summed E-state index contributed by atoms with van der Waals surface area (Å²) in [5.74, 6) is 1.29. The van der Waals surface area contributed by atoms with Gasteiger partial charge >= 0.3 is 0 Å². The minimum atomic E-state index is -0.111. The van der Waals surface area contributed by atoms with Gasteiger partial charge in [0.2, 0.25) is 5.75 Å². The SMILES string of the molecule is COc1cc(C(=O)N(C)Cc2cccs2)cc(OC)c1OCc1ccccc1. The summed E-state index contributed by atoms with van der Waals surface area (Å²) in [4.78, 5) is 15.7. The molecular weight excluding hydrogens is 374 g/mol. The summed E-state index contributed by atoms with van der Waals surface area (Å²) in [6.07, 6.45) is 0. The Morgan fingerprint density at radius 1 is 1.00 bits per heavy atom. The third-order valence-electron chi connectivity index (χ3n) is 4.25. The Hall–Kier alpha value is -2.99. The maximum atomic E-state index is 12.9. The molecule has 0 radical (unpaired) electrons. The van der Waals surface area contributed by atoms with Crippen molar-refractivity contribution in [2.45, 2.75) is 13.2 Å². The van der Waals surface area contributed by atoms with Gasteiger partial charge in [0.1, 0.15) is 6.61 Å². The van der Waals surface area contributed by atoms with Crippen LogP contribution in [-0.2, 0) is 13.2 Å². The second-order valence-corrected chi connectivity index (χ2v) is 7.26. The average molecular weight is 397 g/mol. The third-order valence-corrected chi connectivity index (χ3v) is 5.11. The molecule has 2 aromatic carbocycles. The molecule has 0 atom stereocenters. The lowest BCUT2D eigenvalue weighted by atomic mass is 10.1. The number of carbonyl (C=O) groups excluding carboxylic acids is 1. The Kier molecular flexibility index (Phi) is 6.55. The Morgan fingerprint density at radius 2 is 1.68 bits per heavy atom. The first-order valence-corrected chi connectivity index (χ1v) is 9.71. The first-order valence-electron chi connectivity index (χ1n) is 8.83. The smallest absolute Gasteiger partial charge is 0.254 e. The van der Waals surface area contributed by atoms with Crippen LogP contribution in [0.1, 0.15) is 20.8 Å². The molecule has 1 heterocycles. The van der Waals surface area contributed by atoms with Crippen molar-refractivity contribution in [2.75, 3.05) is 21.3 Å². The van der Waals surface area contributed by atoms with Gasteiger partial charge in [-0.1, -0.05) is 36.4 Å². The minimum Gasteiger partial charge on any atom is -0.493 e. The van der Waals surface area contributed by atoms with Gasteiger partial charge in [-0.3, -0.25) is 4.79 Å². The van der Waals surface area contributed by atoms with E-state index >= 15 is 0 Å². The van der Waals surface area contributed by atoms with Crippen molar-refractivity contribution >= 4 is 17.2 Å². The van der Waals surface area contributed by atoms with Gasteiger partial charge in [0.25, 0.3) is 5.91 Å². The number of hydrogen-bond donors (Lipinski definition) is 0. The number of amides is 1. The largest absolute Gasteiger partial charge is 0.493 e. The van der Waals surface area contributed by atoms with Gasteiger partial charge in [-0.2, -0.15) is 0 Å². The van der Waals surface area contributed by atoms with Crippen molar-refractivity contribution in [3.63, 3.8) is 0 Å². The monoisotopic (exact) mass is 397 g/mol. The highest BCUT2D eigenvalue weighted by atomic mass is 32.1. The fourth-order valence-electron chi connectivity index (χ4n) is 2.80. The van der Waals surface area contributed by atoms with Crippen LogP contribution in [0.4, 0.5) is 0 Å². The number of nitrogens with zero attached hydrogens (tertiary/aromatic N) is 1. The van der Waals surface area contributed by atoms with Gasteiger partial charge < -0.3 is 19.1 Å². The van der Waals surface area contributed by atoms with Crippen molar-refractivity contribution < 1.29 is 19.0 Å². The average Bonchev–Trinajstić information content (AvgIpc) is 3.24. The summed E-state index contributed by atoms with van der Waals surface area (Å²) >= 11 is 1.62. The fraction of sp³-hybridized carbons (Fsp3) is 0.227. The van der Waals surface area contributed by atoms with E-state index in [0.29, 0.717) is 36.0 Å². The van der Waals surface area contributed by atoms with Gasteiger partial charge in [0, 0.05) is 17.5 Å². The maximum absolute atomic E-state index is 12.9. The van der Waals surface area contributed by atoms with E-state index in [2.05, 4.69) is 0 Å². The minimum absolute atomic E-state index is 0.111. The van der Waals surface area contributed by atoms with E-state index in [9.17, 15) is 4.79 Å². The zero-order valence-electron chi connectivity index (χ0n) is 16.2. The van der Waals surface area contributed by atoms with E-state index in [4.69, 9.17) is 14.2 Å². The van der Waals surface area contributed by atoms with E-state index in [1.807, 2.05) is 47.8 Å². The summed E-state index contributed by atoms with van der Waals surface area (Å²) in [7, 11) is 4.88. The van der Waals surface area contributed by atoms with E-state index in [1.54, 1.807) is 49.6 Å². The second-order valence-electron chi connectivity index (χ2n) is 6.22. The molecule has 1 amide bonds. The van der Waals surface area contributed by atoms with Crippen molar-refractivity contribution in [3.8, 4) is 17.2 Å². The quantitative estimate of drug-likeness (QED) is 0.557. The number of thiophene rings is 1. The lowest BCUT2D eigenvalue weighted by Crippen LogP contribution is -2.25. The molecule has 0 aliphatic carbocycles. The summed E-state index contributed by atoms with van der Waals surface area (Å²) in [5.41, 5.74) is 1.52. The summed E-state index contributed by atoms with van der Waals surface area (Å²) in [5, 5.41) is 2.00. The molecule has 0 aliphatic rings. The van der Waals surface area contributed by atoms with Crippen molar-refractivity contribution in [1.29, 1.82) is 0 Å². The number of methoxy groups -OCH3 is 2. The molecule has 28 heavy (non-hydrogen) atoms. The van der Waals surface area contributed by atoms with Gasteiger partial charge in [0.15, 0.2) is 11.5 Å². The molecule has 0 unspecified atom stereocenters. The Balaban J connectivity index is 1.82. The topological polar surface area (TPSA) is 48.0 Å². The third kappa shape index (κ3) is 4.64. The lowest BCUT2D eigenvalue weighted by molar-refractivity contribution is 0.0785. The lowest BCUT2D eigenvalue weighted by Gasteiger charge is -2.19. The molecule has 5 nitrogen and oxygen atoms in total. The predicted octanol–water partition coefficient (Wildman–Crippen LogP) is 4.62. The predicted molar refractivity (Wildman–Crippen MR) is 110 cm³/mol. The number of hydrogen-bond acceptors (Lipinski definition) is 5. The van der Waals surface area contributed by atoms with Crippen molar-refractivity contribution in [3.05, 3.63) is 76.0 Å². The molecule has 6 heteroatoms. The first-order chi connectivity index (χ1) is 13.6. The number of rotatable bonds is 8. The van der Waals surface area contributed by atoms with E-state index < -0.39 is 0 Å². The van der Waals surface area contributed by atoms with E-state index in [1.165, 1.54) is 0 Å². The van der Waals surface area contributed by atoms with Crippen LogP contribution < -0.4 is 14.2 Å². The Morgan fingerprint density at radius 3 is 2.25 bits per heavy atom. The molecule has 146 valence electrons. The molecule has 3 aromatic rings. The number of carbonyl (C=O) groups is 1. The number of ether oxygens (including phenoxy) is 3. The van der Waals surface area contributed by atoms with Crippen LogP contribution >= 0.6 is 11.3 Å². The highest BCUT2D eigenvalue weighted by molar-refractivity contribution is 7.09. The zero-order chi connectivity index (χ0) is 19.9. The molecule has 0 spiro atoms. The highest BCUT2D eigenvalue weighted by Gasteiger charge is 2.20. The molecule has 0 saturated carbocycles. The number of benzene rings is 2. The zero-order valence-corrected chi connectivity index (χ0v) is 17.0. The normalized spacial score (nSPS) is 10.4. The molecule has 0 bridgehead atoms. The van der Waals surface area contributed by atoms with Gasteiger partial charge in [-0.25, -0.2) is 0 Å². The molecule has 0 fully saturated rings. The van der Waals surface area contributed by atoms with Crippen LogP contribution in [0.2, 0.25) is 0 Å². The molecule has 3 rings (SSSR count). The van der Waals surface area contributed by atoms with Gasteiger partial charge in [0.05, 0.1) is 20.8 Å². The van der Waals surface area contributed by atoms with Crippen LogP contribution in [0.5, 0.6) is 17.2 Å². The first kappa shape index (κ1) is 19.8. The Bertz CT molecular complexity index is 885. The van der Waals surface area contributed by atoms with Crippen molar-refractivity contribution in [1.82, 2.24) is 4.90 Å². The van der Waals surface area contributed by atoms with Gasteiger partial charge in [-0.15, -0.1) is 11.3 Å². The van der Waals surface area contributed by atoms with Gasteiger partial charge in [-0.05, 0) is 29.1 Å². The molecule has 0 saturated heterocycles. The van der Waals surface area contributed by atoms with Crippen LogP contribution in [0, 0.1) is 0 Å². The molecule has 0 N–H and O–H groups in total. The standard InChI is InChI=1S/C22H23NO4S/c1-23(14-18-10-7-11-28-18)22(24)17-12-19(25-2)21(20(13-17)26-3)27-15-16-8-5-4-6-9-16/h4-13H,14-15H2,1-3H3. The Labute approximate surface area is 169 Å². The van der Waals surface area contributed by atoms with E-state index in [-0.39, 0.29) is 5.91 Å².